The van der Waals surface area contributed by atoms with Gasteiger partial charge in [0, 0.05) is 5.69 Å². The molecule has 4 heteroatoms. The number of rotatable bonds is 4. The minimum absolute atomic E-state index is 0.0429. The van der Waals surface area contributed by atoms with E-state index in [1.165, 1.54) is 0 Å². The summed E-state index contributed by atoms with van der Waals surface area (Å²) < 4.78 is 0. The Morgan fingerprint density at radius 2 is 2.07 bits per heavy atom. The summed E-state index contributed by atoms with van der Waals surface area (Å²) >= 11 is 0. The second kappa shape index (κ2) is 6.03. The van der Waals surface area contributed by atoms with E-state index in [-0.39, 0.29) is 18.7 Å². The summed E-state index contributed by atoms with van der Waals surface area (Å²) in [5, 5.41) is 14.2. The molecule has 0 bridgehead atoms. The molecule has 1 aromatic carbocycles. The van der Waals surface area contributed by atoms with Crippen LogP contribution in [-0.2, 0) is 0 Å². The maximum absolute atomic E-state index is 11.4. The van der Waals surface area contributed by atoms with Crippen LogP contribution in [0.1, 0.15) is 13.3 Å². The number of aliphatic hydroxyl groups excluding tert-OH is 1. The lowest BCUT2D eigenvalue weighted by Crippen LogP contribution is -2.39. The van der Waals surface area contributed by atoms with Gasteiger partial charge in [0.2, 0.25) is 0 Å². The fourth-order valence-corrected chi connectivity index (χ4v) is 1.15. The number of nitrogens with one attached hydrogen (secondary N) is 2. The summed E-state index contributed by atoms with van der Waals surface area (Å²) in [6.07, 6.45) is 0.707. The van der Waals surface area contributed by atoms with E-state index in [1.54, 1.807) is 12.1 Å². The zero-order chi connectivity index (χ0) is 11.1. The first-order chi connectivity index (χ1) is 7.26. The van der Waals surface area contributed by atoms with Crippen LogP contribution in [0.3, 0.4) is 0 Å². The fourth-order valence-electron chi connectivity index (χ4n) is 1.15. The van der Waals surface area contributed by atoms with Gasteiger partial charge in [-0.25, -0.2) is 4.79 Å². The summed E-state index contributed by atoms with van der Waals surface area (Å²) in [6, 6.07) is 8.71. The van der Waals surface area contributed by atoms with E-state index in [0.29, 0.717) is 6.42 Å². The van der Waals surface area contributed by atoms with E-state index < -0.39 is 0 Å². The van der Waals surface area contributed by atoms with Crippen LogP contribution in [0.2, 0.25) is 0 Å². The SMILES string of the molecule is CC[C@@H](CO)NC(=O)Nc1ccccc1. The van der Waals surface area contributed by atoms with Gasteiger partial charge in [0.25, 0.3) is 0 Å². The second-order valence-electron chi connectivity index (χ2n) is 3.25. The lowest BCUT2D eigenvalue weighted by Gasteiger charge is -2.14. The van der Waals surface area contributed by atoms with Crippen LogP contribution in [-0.4, -0.2) is 23.8 Å². The van der Waals surface area contributed by atoms with Crippen LogP contribution in [0.15, 0.2) is 30.3 Å². The molecule has 1 rings (SSSR count). The molecule has 1 atom stereocenters. The van der Waals surface area contributed by atoms with E-state index in [9.17, 15) is 4.79 Å². The Labute approximate surface area is 89.3 Å². The molecule has 1 aromatic rings. The highest BCUT2D eigenvalue weighted by Gasteiger charge is 2.08. The van der Waals surface area contributed by atoms with Crippen LogP contribution in [0, 0.1) is 0 Å². The maximum atomic E-state index is 11.4. The Morgan fingerprint density at radius 1 is 1.40 bits per heavy atom. The Kier molecular flexibility index (Phi) is 4.63. The van der Waals surface area contributed by atoms with Crippen LogP contribution in [0.25, 0.3) is 0 Å². The number of carbonyl (C=O) groups excluding carboxylic acids is 1. The summed E-state index contributed by atoms with van der Waals surface area (Å²) in [5.74, 6) is 0. The number of benzene rings is 1. The van der Waals surface area contributed by atoms with Crippen molar-refractivity contribution in [2.75, 3.05) is 11.9 Å². The predicted octanol–water partition coefficient (Wildman–Crippen LogP) is 1.58. The van der Waals surface area contributed by atoms with Gasteiger partial charge in [0.1, 0.15) is 0 Å². The number of para-hydroxylation sites is 1. The van der Waals surface area contributed by atoms with Gasteiger partial charge in [-0.05, 0) is 18.6 Å². The molecule has 0 spiro atoms. The van der Waals surface area contributed by atoms with Crippen molar-refractivity contribution in [3.05, 3.63) is 30.3 Å². The van der Waals surface area contributed by atoms with E-state index in [0.717, 1.165) is 5.69 Å². The molecule has 0 radical (unpaired) electrons. The summed E-state index contributed by atoms with van der Waals surface area (Å²) in [7, 11) is 0. The summed E-state index contributed by atoms with van der Waals surface area (Å²) in [6.45, 7) is 1.86. The van der Waals surface area contributed by atoms with Crippen LogP contribution in [0.5, 0.6) is 0 Å². The average Bonchev–Trinajstić information content (AvgIpc) is 2.27. The lowest BCUT2D eigenvalue weighted by molar-refractivity contribution is 0.222. The number of carbonyl (C=O) groups is 1. The van der Waals surface area contributed by atoms with Crippen molar-refractivity contribution >= 4 is 11.7 Å². The molecule has 0 heterocycles. The fraction of sp³-hybridized carbons (Fsp3) is 0.364. The number of anilines is 1. The molecule has 0 fully saturated rings. The molecule has 0 unspecified atom stereocenters. The topological polar surface area (TPSA) is 61.4 Å². The molecule has 0 aliphatic rings. The van der Waals surface area contributed by atoms with Gasteiger partial charge in [-0.1, -0.05) is 25.1 Å². The monoisotopic (exact) mass is 208 g/mol. The van der Waals surface area contributed by atoms with Crippen molar-refractivity contribution in [1.82, 2.24) is 5.32 Å². The molecule has 0 aliphatic heterocycles. The standard InChI is InChI=1S/C11H16N2O2/c1-2-9(8-14)12-11(15)13-10-6-4-3-5-7-10/h3-7,9,14H,2,8H2,1H3,(H2,12,13,15)/t9-/m0/s1. The van der Waals surface area contributed by atoms with Crippen LogP contribution in [0.4, 0.5) is 10.5 Å². The third-order valence-corrected chi connectivity index (χ3v) is 2.08. The molecular weight excluding hydrogens is 192 g/mol. The molecular formula is C11H16N2O2. The zero-order valence-electron chi connectivity index (χ0n) is 8.73. The molecule has 82 valence electrons. The quantitative estimate of drug-likeness (QED) is 0.703. The first-order valence-corrected chi connectivity index (χ1v) is 4.99. The Morgan fingerprint density at radius 3 is 2.60 bits per heavy atom. The third-order valence-electron chi connectivity index (χ3n) is 2.08. The first-order valence-electron chi connectivity index (χ1n) is 4.99. The van der Waals surface area contributed by atoms with E-state index in [2.05, 4.69) is 10.6 Å². The normalized spacial score (nSPS) is 11.9. The largest absolute Gasteiger partial charge is 0.394 e. The van der Waals surface area contributed by atoms with Crippen LogP contribution < -0.4 is 10.6 Å². The smallest absolute Gasteiger partial charge is 0.319 e. The van der Waals surface area contributed by atoms with Gasteiger partial charge in [-0.3, -0.25) is 0 Å². The maximum Gasteiger partial charge on any atom is 0.319 e. The first kappa shape index (κ1) is 11.5. The van der Waals surface area contributed by atoms with Gasteiger partial charge in [-0.2, -0.15) is 0 Å². The molecule has 0 saturated heterocycles. The number of amides is 2. The van der Waals surface area contributed by atoms with Crippen molar-refractivity contribution in [2.45, 2.75) is 19.4 Å². The van der Waals surface area contributed by atoms with Gasteiger partial charge < -0.3 is 15.7 Å². The number of aliphatic hydroxyl groups is 1. The van der Waals surface area contributed by atoms with Gasteiger partial charge in [-0.15, -0.1) is 0 Å². The highest BCUT2D eigenvalue weighted by Crippen LogP contribution is 2.04. The molecule has 3 N–H and O–H groups in total. The summed E-state index contributed by atoms with van der Waals surface area (Å²) in [4.78, 5) is 11.4. The second-order valence-corrected chi connectivity index (χ2v) is 3.25. The average molecular weight is 208 g/mol. The third kappa shape index (κ3) is 3.99. The molecule has 4 nitrogen and oxygen atoms in total. The highest BCUT2D eigenvalue weighted by atomic mass is 16.3. The van der Waals surface area contributed by atoms with Crippen molar-refractivity contribution in [2.24, 2.45) is 0 Å². The van der Waals surface area contributed by atoms with Gasteiger partial charge in [0.15, 0.2) is 0 Å². The van der Waals surface area contributed by atoms with E-state index in [1.807, 2.05) is 25.1 Å². The Hall–Kier alpha value is -1.55. The Balaban J connectivity index is 2.43. The lowest BCUT2D eigenvalue weighted by atomic mass is 10.2. The molecule has 15 heavy (non-hydrogen) atoms. The van der Waals surface area contributed by atoms with Crippen molar-refractivity contribution in [3.63, 3.8) is 0 Å². The minimum Gasteiger partial charge on any atom is -0.394 e. The zero-order valence-corrected chi connectivity index (χ0v) is 8.73. The van der Waals surface area contributed by atoms with Crippen LogP contribution >= 0.6 is 0 Å². The number of hydrogen-bond donors (Lipinski definition) is 3. The molecule has 0 saturated carbocycles. The molecule has 0 aromatic heterocycles. The Bertz CT molecular complexity index is 297. The van der Waals surface area contributed by atoms with Crippen molar-refractivity contribution in [1.29, 1.82) is 0 Å². The van der Waals surface area contributed by atoms with Crippen molar-refractivity contribution in [3.8, 4) is 0 Å². The van der Waals surface area contributed by atoms with Gasteiger partial charge in [0.05, 0.1) is 12.6 Å². The number of hydrogen-bond acceptors (Lipinski definition) is 2. The van der Waals surface area contributed by atoms with E-state index >= 15 is 0 Å². The molecule has 2 amide bonds. The van der Waals surface area contributed by atoms with Crippen molar-refractivity contribution < 1.29 is 9.90 Å². The van der Waals surface area contributed by atoms with Gasteiger partial charge >= 0.3 is 6.03 Å². The predicted molar refractivity (Wildman–Crippen MR) is 59.8 cm³/mol. The summed E-state index contributed by atoms with van der Waals surface area (Å²) in [5.41, 5.74) is 0.739. The number of urea groups is 1. The van der Waals surface area contributed by atoms with E-state index in [4.69, 9.17) is 5.11 Å². The highest BCUT2D eigenvalue weighted by molar-refractivity contribution is 5.89. The molecule has 0 aliphatic carbocycles. The minimum atomic E-state index is -0.290.